The van der Waals surface area contributed by atoms with Crippen LogP contribution in [0.25, 0.3) is 0 Å². The van der Waals surface area contributed by atoms with Gasteiger partial charge in [-0.05, 0) is 31.2 Å². The van der Waals surface area contributed by atoms with Crippen LogP contribution in [0, 0.1) is 10.1 Å². The summed E-state index contributed by atoms with van der Waals surface area (Å²) in [6.07, 6.45) is 0. The van der Waals surface area contributed by atoms with Crippen molar-refractivity contribution in [3.8, 4) is 11.5 Å². The number of carbonyl (C=O) groups is 2. The Morgan fingerprint density at radius 3 is 2.36 bits per heavy atom. The zero-order valence-corrected chi connectivity index (χ0v) is 16.4. The third-order valence-corrected chi connectivity index (χ3v) is 4.84. The second kappa shape index (κ2) is 9.75. The van der Waals surface area contributed by atoms with Crippen LogP contribution in [0.4, 0.5) is 5.69 Å². The number of nitrogens with zero attached hydrogens (tertiary/aromatic N) is 1. The fourth-order valence-electron chi connectivity index (χ4n) is 2.26. The predicted octanol–water partition coefficient (Wildman–Crippen LogP) is 3.52. The van der Waals surface area contributed by atoms with Gasteiger partial charge in [0.2, 0.25) is 5.78 Å². The van der Waals surface area contributed by atoms with Crippen LogP contribution in [0.3, 0.4) is 0 Å². The molecule has 0 fully saturated rings. The average molecular weight is 405 g/mol. The largest absolute Gasteiger partial charge is 0.497 e. The second-order valence-corrected chi connectivity index (χ2v) is 7.02. The molecular formula is C19H19NO7S. The Hall–Kier alpha value is -3.07. The summed E-state index contributed by atoms with van der Waals surface area (Å²) >= 11 is 1.18. The van der Waals surface area contributed by atoms with E-state index in [1.807, 2.05) is 0 Å². The Kier molecular flexibility index (Phi) is 7.39. The van der Waals surface area contributed by atoms with Crippen LogP contribution >= 0.6 is 11.8 Å². The van der Waals surface area contributed by atoms with Gasteiger partial charge < -0.3 is 14.2 Å². The highest BCUT2D eigenvalue weighted by Crippen LogP contribution is 2.27. The maximum Gasteiger partial charge on any atom is 0.319 e. The van der Waals surface area contributed by atoms with Crippen molar-refractivity contribution in [1.29, 1.82) is 0 Å². The monoisotopic (exact) mass is 405 g/mol. The standard InChI is InChI=1S/C19H19NO7S/c1-12(28-15-7-4-13(5-8-15)20(23)24)19(22)27-11-17(21)16-9-6-14(25-2)10-18(16)26-3/h4-10,12H,11H2,1-3H3/t12-/m1/s1. The summed E-state index contributed by atoms with van der Waals surface area (Å²) in [6, 6.07) is 10.6. The Balaban J connectivity index is 1.93. The molecule has 0 radical (unpaired) electrons. The number of esters is 1. The number of non-ortho nitro benzene ring substituents is 1. The molecule has 0 aliphatic rings. The zero-order chi connectivity index (χ0) is 20.7. The van der Waals surface area contributed by atoms with Gasteiger partial charge in [0.25, 0.3) is 5.69 Å². The molecule has 0 bridgehead atoms. The molecule has 8 nitrogen and oxygen atoms in total. The summed E-state index contributed by atoms with van der Waals surface area (Å²) in [6.45, 7) is 1.21. The maximum absolute atomic E-state index is 12.3. The lowest BCUT2D eigenvalue weighted by molar-refractivity contribution is -0.384. The van der Waals surface area contributed by atoms with Crippen molar-refractivity contribution >= 4 is 29.2 Å². The van der Waals surface area contributed by atoms with E-state index in [4.69, 9.17) is 14.2 Å². The number of benzene rings is 2. The Morgan fingerprint density at radius 1 is 1.11 bits per heavy atom. The number of nitro benzene ring substituents is 1. The Bertz CT molecular complexity index is 867. The van der Waals surface area contributed by atoms with E-state index in [9.17, 15) is 19.7 Å². The average Bonchev–Trinajstić information content (AvgIpc) is 2.71. The molecule has 0 saturated heterocycles. The molecule has 9 heteroatoms. The topological polar surface area (TPSA) is 105 Å². The van der Waals surface area contributed by atoms with Crippen LogP contribution in [-0.2, 0) is 9.53 Å². The Labute approximate surface area is 165 Å². The van der Waals surface area contributed by atoms with Gasteiger partial charge >= 0.3 is 5.97 Å². The number of ketones is 1. The molecule has 0 heterocycles. The van der Waals surface area contributed by atoms with E-state index in [1.54, 1.807) is 37.3 Å². The Morgan fingerprint density at radius 2 is 1.79 bits per heavy atom. The summed E-state index contributed by atoms with van der Waals surface area (Å²) < 4.78 is 15.4. The van der Waals surface area contributed by atoms with Crippen molar-refractivity contribution in [2.75, 3.05) is 20.8 Å². The molecule has 2 aromatic carbocycles. The van der Waals surface area contributed by atoms with E-state index >= 15 is 0 Å². The van der Waals surface area contributed by atoms with E-state index in [-0.39, 0.29) is 11.3 Å². The van der Waals surface area contributed by atoms with Crippen LogP contribution in [-0.4, -0.2) is 42.8 Å². The number of nitro groups is 1. The van der Waals surface area contributed by atoms with Gasteiger partial charge in [-0.1, -0.05) is 0 Å². The molecule has 2 rings (SSSR count). The summed E-state index contributed by atoms with van der Waals surface area (Å²) in [5, 5.41) is 10.1. The van der Waals surface area contributed by atoms with Crippen LogP contribution < -0.4 is 9.47 Å². The molecule has 28 heavy (non-hydrogen) atoms. The molecule has 0 saturated carbocycles. The molecule has 0 N–H and O–H groups in total. The fraction of sp³-hybridized carbons (Fsp3) is 0.263. The van der Waals surface area contributed by atoms with Gasteiger partial charge in [-0.25, -0.2) is 0 Å². The number of Topliss-reactive ketones (excluding diaryl/α,β-unsaturated/α-hetero) is 1. The van der Waals surface area contributed by atoms with Crippen LogP contribution in [0.15, 0.2) is 47.4 Å². The van der Waals surface area contributed by atoms with Crippen LogP contribution in [0.5, 0.6) is 11.5 Å². The smallest absolute Gasteiger partial charge is 0.319 e. The third-order valence-electron chi connectivity index (χ3n) is 3.75. The highest BCUT2D eigenvalue weighted by Gasteiger charge is 2.20. The van der Waals surface area contributed by atoms with Gasteiger partial charge in [0, 0.05) is 23.1 Å². The molecule has 0 unspecified atom stereocenters. The van der Waals surface area contributed by atoms with Crippen molar-refractivity contribution < 1.29 is 28.7 Å². The van der Waals surface area contributed by atoms with E-state index < -0.39 is 28.5 Å². The number of thioether (sulfide) groups is 1. The minimum Gasteiger partial charge on any atom is -0.497 e. The quantitative estimate of drug-likeness (QED) is 0.205. The SMILES string of the molecule is COc1ccc(C(=O)COC(=O)[C@@H](C)Sc2ccc([N+](=O)[O-])cc2)c(OC)c1. The number of hydrogen-bond acceptors (Lipinski definition) is 8. The lowest BCUT2D eigenvalue weighted by Crippen LogP contribution is -2.21. The lowest BCUT2D eigenvalue weighted by Gasteiger charge is -2.12. The maximum atomic E-state index is 12.3. The van der Waals surface area contributed by atoms with Crippen LogP contribution in [0.2, 0.25) is 0 Å². The number of ether oxygens (including phenoxy) is 3. The summed E-state index contributed by atoms with van der Waals surface area (Å²) in [5.41, 5.74) is 0.255. The third kappa shape index (κ3) is 5.46. The molecule has 0 spiro atoms. The second-order valence-electron chi connectivity index (χ2n) is 5.61. The van der Waals surface area contributed by atoms with Crippen molar-refractivity contribution in [1.82, 2.24) is 0 Å². The molecule has 0 aliphatic carbocycles. The highest BCUT2D eigenvalue weighted by molar-refractivity contribution is 8.00. The van der Waals surface area contributed by atoms with Crippen molar-refractivity contribution in [2.24, 2.45) is 0 Å². The molecule has 0 aliphatic heterocycles. The summed E-state index contributed by atoms with van der Waals surface area (Å²) in [5.74, 6) is -0.100. The molecule has 0 aromatic heterocycles. The first kappa shape index (κ1) is 21.2. The molecule has 1 atom stereocenters. The number of carbonyl (C=O) groups excluding carboxylic acids is 2. The van der Waals surface area contributed by atoms with E-state index in [0.717, 1.165) is 0 Å². The van der Waals surface area contributed by atoms with Gasteiger partial charge in [-0.3, -0.25) is 19.7 Å². The number of rotatable bonds is 9. The van der Waals surface area contributed by atoms with E-state index in [0.29, 0.717) is 16.4 Å². The van der Waals surface area contributed by atoms with Gasteiger partial charge in [0.15, 0.2) is 6.61 Å². The van der Waals surface area contributed by atoms with Gasteiger partial charge in [0.1, 0.15) is 16.7 Å². The summed E-state index contributed by atoms with van der Waals surface area (Å²) in [7, 11) is 2.93. The van der Waals surface area contributed by atoms with Gasteiger partial charge in [-0.15, -0.1) is 11.8 Å². The molecule has 148 valence electrons. The van der Waals surface area contributed by atoms with Gasteiger partial charge in [0.05, 0.1) is 24.7 Å². The minimum absolute atomic E-state index is 0.0291. The predicted molar refractivity (Wildman–Crippen MR) is 103 cm³/mol. The molecule has 2 aromatic rings. The lowest BCUT2D eigenvalue weighted by atomic mass is 10.1. The zero-order valence-electron chi connectivity index (χ0n) is 15.5. The van der Waals surface area contributed by atoms with Crippen molar-refractivity contribution in [3.05, 3.63) is 58.1 Å². The first-order valence-electron chi connectivity index (χ1n) is 8.18. The first-order chi connectivity index (χ1) is 13.3. The van der Waals surface area contributed by atoms with E-state index in [2.05, 4.69) is 0 Å². The first-order valence-corrected chi connectivity index (χ1v) is 9.06. The summed E-state index contributed by atoms with van der Waals surface area (Å²) in [4.78, 5) is 35.4. The van der Waals surface area contributed by atoms with Crippen LogP contribution in [0.1, 0.15) is 17.3 Å². The fourth-order valence-corrected chi connectivity index (χ4v) is 3.13. The molecule has 0 amide bonds. The highest BCUT2D eigenvalue weighted by atomic mass is 32.2. The van der Waals surface area contributed by atoms with Gasteiger partial charge in [-0.2, -0.15) is 0 Å². The van der Waals surface area contributed by atoms with E-state index in [1.165, 1.54) is 38.1 Å². The normalized spacial score (nSPS) is 11.4. The van der Waals surface area contributed by atoms with Crippen molar-refractivity contribution in [3.63, 3.8) is 0 Å². The minimum atomic E-state index is -0.591. The number of hydrogen-bond donors (Lipinski definition) is 0. The van der Waals surface area contributed by atoms with Crippen molar-refractivity contribution in [2.45, 2.75) is 17.1 Å². The molecular weight excluding hydrogens is 386 g/mol. The number of methoxy groups -OCH3 is 2.